The van der Waals surface area contributed by atoms with Crippen LogP contribution in [0.2, 0.25) is 0 Å². The van der Waals surface area contributed by atoms with Gasteiger partial charge in [0.1, 0.15) is 10.8 Å². The number of aryl methyl sites for hydroxylation is 1. The maximum Gasteiger partial charge on any atom is 0.251 e. The van der Waals surface area contributed by atoms with E-state index in [2.05, 4.69) is 27.8 Å². The Kier molecular flexibility index (Phi) is 7.34. The Hall–Kier alpha value is -2.48. The van der Waals surface area contributed by atoms with Crippen LogP contribution in [-0.4, -0.2) is 35.2 Å². The van der Waals surface area contributed by atoms with Gasteiger partial charge in [-0.15, -0.1) is 10.2 Å². The molecule has 1 heterocycles. The second-order valence-corrected chi connectivity index (χ2v) is 6.37. The zero-order chi connectivity index (χ0) is 18.1. The lowest BCUT2D eigenvalue weighted by Crippen LogP contribution is -2.32. The van der Waals surface area contributed by atoms with Crippen LogP contribution < -0.4 is 15.4 Å². The van der Waals surface area contributed by atoms with Crippen molar-refractivity contribution in [2.75, 3.05) is 18.5 Å². The molecule has 0 saturated heterocycles. The van der Waals surface area contributed by atoms with Gasteiger partial charge in [0.15, 0.2) is 0 Å². The SMILES string of the molecule is CCCCOc1ccc(C(=O)NCC(=O)Nc2nnc(CC)s2)cc1. The van der Waals surface area contributed by atoms with E-state index in [1.807, 2.05) is 6.92 Å². The third-order valence-electron chi connectivity index (χ3n) is 3.31. The van der Waals surface area contributed by atoms with Gasteiger partial charge in [-0.2, -0.15) is 0 Å². The summed E-state index contributed by atoms with van der Waals surface area (Å²) in [4.78, 5) is 23.9. The van der Waals surface area contributed by atoms with Crippen LogP contribution >= 0.6 is 11.3 Å². The van der Waals surface area contributed by atoms with E-state index in [4.69, 9.17) is 4.74 Å². The smallest absolute Gasteiger partial charge is 0.251 e. The van der Waals surface area contributed by atoms with Crippen LogP contribution in [0.5, 0.6) is 5.75 Å². The summed E-state index contributed by atoms with van der Waals surface area (Å²) in [5.74, 6) is 0.0687. The fourth-order valence-corrected chi connectivity index (χ4v) is 2.61. The minimum Gasteiger partial charge on any atom is -0.494 e. The molecule has 0 unspecified atom stereocenters. The number of unbranched alkanes of at least 4 members (excludes halogenated alkanes) is 1. The molecule has 7 nitrogen and oxygen atoms in total. The van der Waals surface area contributed by atoms with Crippen LogP contribution in [0.25, 0.3) is 0 Å². The molecular formula is C17H22N4O3S. The summed E-state index contributed by atoms with van der Waals surface area (Å²) < 4.78 is 5.55. The Labute approximate surface area is 150 Å². The first-order chi connectivity index (χ1) is 12.1. The van der Waals surface area contributed by atoms with Gasteiger partial charge in [0.05, 0.1) is 13.2 Å². The molecule has 25 heavy (non-hydrogen) atoms. The van der Waals surface area contributed by atoms with Crippen molar-refractivity contribution in [1.29, 1.82) is 0 Å². The van der Waals surface area contributed by atoms with E-state index in [9.17, 15) is 9.59 Å². The summed E-state index contributed by atoms with van der Waals surface area (Å²) in [6.45, 7) is 4.59. The fourth-order valence-electron chi connectivity index (χ4n) is 1.91. The quantitative estimate of drug-likeness (QED) is 0.669. The van der Waals surface area contributed by atoms with E-state index in [-0.39, 0.29) is 18.4 Å². The van der Waals surface area contributed by atoms with E-state index in [1.165, 1.54) is 11.3 Å². The first-order valence-corrected chi connectivity index (χ1v) is 9.07. The molecule has 2 amide bonds. The zero-order valence-corrected chi connectivity index (χ0v) is 15.2. The number of aromatic nitrogens is 2. The number of benzene rings is 1. The van der Waals surface area contributed by atoms with Gasteiger partial charge in [-0.05, 0) is 37.1 Å². The predicted molar refractivity (Wildman–Crippen MR) is 97.1 cm³/mol. The highest BCUT2D eigenvalue weighted by Crippen LogP contribution is 2.15. The molecule has 0 fully saturated rings. The summed E-state index contributed by atoms with van der Waals surface area (Å²) in [5, 5.41) is 14.3. The molecule has 0 bridgehead atoms. The number of rotatable bonds is 9. The van der Waals surface area contributed by atoms with Crippen molar-refractivity contribution in [3.05, 3.63) is 34.8 Å². The number of nitrogens with one attached hydrogen (secondary N) is 2. The third kappa shape index (κ3) is 6.15. The van der Waals surface area contributed by atoms with Crippen molar-refractivity contribution in [2.24, 2.45) is 0 Å². The summed E-state index contributed by atoms with van der Waals surface area (Å²) in [7, 11) is 0. The van der Waals surface area contributed by atoms with Crippen molar-refractivity contribution >= 4 is 28.3 Å². The molecule has 8 heteroatoms. The highest BCUT2D eigenvalue weighted by molar-refractivity contribution is 7.15. The second-order valence-electron chi connectivity index (χ2n) is 5.31. The summed E-state index contributed by atoms with van der Waals surface area (Å²) in [6, 6.07) is 6.84. The molecule has 0 atom stereocenters. The molecule has 0 aliphatic carbocycles. The first-order valence-electron chi connectivity index (χ1n) is 8.25. The summed E-state index contributed by atoms with van der Waals surface area (Å²) >= 11 is 1.32. The molecule has 2 rings (SSSR count). The highest BCUT2D eigenvalue weighted by atomic mass is 32.1. The van der Waals surface area contributed by atoms with Crippen LogP contribution in [0, 0.1) is 0 Å². The van der Waals surface area contributed by atoms with Gasteiger partial charge in [-0.1, -0.05) is 31.6 Å². The molecule has 1 aromatic carbocycles. The Balaban J connectivity index is 1.78. The predicted octanol–water partition coefficient (Wildman–Crippen LogP) is 2.65. The van der Waals surface area contributed by atoms with Gasteiger partial charge in [-0.25, -0.2) is 0 Å². The van der Waals surface area contributed by atoms with Crippen molar-refractivity contribution in [3.63, 3.8) is 0 Å². The van der Waals surface area contributed by atoms with E-state index in [0.29, 0.717) is 17.3 Å². The molecule has 0 spiro atoms. The lowest BCUT2D eigenvalue weighted by Gasteiger charge is -2.07. The molecule has 2 N–H and O–H groups in total. The number of hydrogen-bond donors (Lipinski definition) is 2. The molecule has 0 saturated carbocycles. The van der Waals surface area contributed by atoms with Crippen LogP contribution in [0.1, 0.15) is 42.1 Å². The van der Waals surface area contributed by atoms with Crippen LogP contribution in [-0.2, 0) is 11.2 Å². The first kappa shape index (κ1) is 18.9. The number of ether oxygens (including phenoxy) is 1. The standard InChI is InChI=1S/C17H22N4O3S/c1-3-5-10-24-13-8-6-12(7-9-13)16(23)18-11-14(22)19-17-21-20-15(4-2)25-17/h6-9H,3-5,10-11H2,1-2H3,(H,18,23)(H,19,21,22). The summed E-state index contributed by atoms with van der Waals surface area (Å²) in [6.07, 6.45) is 2.83. The minimum atomic E-state index is -0.341. The average molecular weight is 362 g/mol. The van der Waals surface area contributed by atoms with Gasteiger partial charge in [0.2, 0.25) is 11.0 Å². The molecule has 2 aromatic rings. The van der Waals surface area contributed by atoms with Crippen LogP contribution in [0.3, 0.4) is 0 Å². The second kappa shape index (κ2) is 9.73. The average Bonchev–Trinajstić information content (AvgIpc) is 3.08. The maximum absolute atomic E-state index is 12.1. The van der Waals surface area contributed by atoms with Crippen LogP contribution in [0.15, 0.2) is 24.3 Å². The number of anilines is 1. The van der Waals surface area contributed by atoms with Gasteiger partial charge in [0.25, 0.3) is 5.91 Å². The van der Waals surface area contributed by atoms with Crippen LogP contribution in [0.4, 0.5) is 5.13 Å². The van der Waals surface area contributed by atoms with Gasteiger partial charge in [-0.3, -0.25) is 14.9 Å². The van der Waals surface area contributed by atoms with Crippen molar-refractivity contribution in [2.45, 2.75) is 33.1 Å². The fraction of sp³-hybridized carbons (Fsp3) is 0.412. The normalized spacial score (nSPS) is 10.3. The number of carbonyl (C=O) groups excluding carboxylic acids is 2. The van der Waals surface area contributed by atoms with E-state index in [0.717, 1.165) is 30.0 Å². The molecule has 134 valence electrons. The number of amides is 2. The Bertz CT molecular complexity index is 700. The Morgan fingerprint density at radius 1 is 1.16 bits per heavy atom. The highest BCUT2D eigenvalue weighted by Gasteiger charge is 2.10. The topological polar surface area (TPSA) is 93.2 Å². The van der Waals surface area contributed by atoms with Crippen molar-refractivity contribution in [1.82, 2.24) is 15.5 Å². The number of hydrogen-bond acceptors (Lipinski definition) is 6. The molecular weight excluding hydrogens is 340 g/mol. The maximum atomic E-state index is 12.1. The lowest BCUT2D eigenvalue weighted by atomic mass is 10.2. The lowest BCUT2D eigenvalue weighted by molar-refractivity contribution is -0.115. The molecule has 1 aromatic heterocycles. The van der Waals surface area contributed by atoms with Gasteiger partial charge in [0, 0.05) is 5.56 Å². The monoisotopic (exact) mass is 362 g/mol. The van der Waals surface area contributed by atoms with Gasteiger partial charge < -0.3 is 10.1 Å². The Morgan fingerprint density at radius 2 is 1.92 bits per heavy atom. The van der Waals surface area contributed by atoms with Gasteiger partial charge >= 0.3 is 0 Å². The third-order valence-corrected chi connectivity index (χ3v) is 4.29. The van der Waals surface area contributed by atoms with E-state index in [1.54, 1.807) is 24.3 Å². The molecule has 0 radical (unpaired) electrons. The van der Waals surface area contributed by atoms with E-state index >= 15 is 0 Å². The van der Waals surface area contributed by atoms with E-state index < -0.39 is 0 Å². The Morgan fingerprint density at radius 3 is 2.56 bits per heavy atom. The summed E-state index contributed by atoms with van der Waals surface area (Å²) in [5.41, 5.74) is 0.472. The zero-order valence-electron chi connectivity index (χ0n) is 14.4. The largest absolute Gasteiger partial charge is 0.494 e. The minimum absolute atomic E-state index is 0.130. The van der Waals surface area contributed by atoms with Crippen molar-refractivity contribution < 1.29 is 14.3 Å². The molecule has 0 aliphatic rings. The molecule has 0 aliphatic heterocycles. The van der Waals surface area contributed by atoms with Crippen molar-refractivity contribution in [3.8, 4) is 5.75 Å². The number of carbonyl (C=O) groups is 2. The number of nitrogens with zero attached hydrogens (tertiary/aromatic N) is 2.